The molecule has 0 aliphatic rings. The van der Waals surface area contributed by atoms with Gasteiger partial charge >= 0.3 is 0 Å². The normalized spacial score (nSPS) is 13.2. The highest BCUT2D eigenvalue weighted by Crippen LogP contribution is 2.08. The first-order valence-corrected chi connectivity index (χ1v) is 6.48. The predicted octanol–water partition coefficient (Wildman–Crippen LogP) is 3.03. The first-order chi connectivity index (χ1) is 8.52. The van der Waals surface area contributed by atoms with Gasteiger partial charge in [0.1, 0.15) is 0 Å². The summed E-state index contributed by atoms with van der Waals surface area (Å²) in [4.78, 5) is 13.9. The van der Waals surface area contributed by atoms with E-state index < -0.39 is 0 Å². The molecule has 1 atom stereocenters. The molecule has 0 spiro atoms. The van der Waals surface area contributed by atoms with E-state index in [1.165, 1.54) is 5.56 Å². The summed E-state index contributed by atoms with van der Waals surface area (Å²) in [6.45, 7) is 4.89. The SMILES string of the molecule is CCc1ccc(/C=C/C(=O)C(C)CN(C)C)cc1. The van der Waals surface area contributed by atoms with Gasteiger partial charge in [-0.25, -0.2) is 0 Å². The number of allylic oxidation sites excluding steroid dienone is 1. The lowest BCUT2D eigenvalue weighted by molar-refractivity contribution is -0.118. The van der Waals surface area contributed by atoms with Crippen LogP contribution in [0.4, 0.5) is 0 Å². The fraction of sp³-hybridized carbons (Fsp3) is 0.438. The number of nitrogens with zero attached hydrogens (tertiary/aromatic N) is 1. The number of aryl methyl sites for hydroxylation is 1. The summed E-state index contributed by atoms with van der Waals surface area (Å²) in [5.41, 5.74) is 2.40. The van der Waals surface area contributed by atoms with Crippen LogP contribution in [-0.2, 0) is 11.2 Å². The Morgan fingerprint density at radius 3 is 2.39 bits per heavy atom. The van der Waals surface area contributed by atoms with Crippen molar-refractivity contribution in [3.63, 3.8) is 0 Å². The number of rotatable bonds is 6. The zero-order chi connectivity index (χ0) is 13.5. The average Bonchev–Trinajstić information content (AvgIpc) is 2.35. The summed E-state index contributed by atoms with van der Waals surface area (Å²) in [7, 11) is 3.97. The van der Waals surface area contributed by atoms with E-state index in [4.69, 9.17) is 0 Å². The van der Waals surface area contributed by atoms with Crippen LogP contribution in [0.2, 0.25) is 0 Å². The van der Waals surface area contributed by atoms with Crippen LogP contribution in [-0.4, -0.2) is 31.3 Å². The Labute approximate surface area is 110 Å². The number of ketones is 1. The maximum atomic E-state index is 11.9. The van der Waals surface area contributed by atoms with Crippen LogP contribution in [0.1, 0.15) is 25.0 Å². The van der Waals surface area contributed by atoms with Crippen molar-refractivity contribution in [3.8, 4) is 0 Å². The second-order valence-electron chi connectivity index (χ2n) is 4.99. The number of benzene rings is 1. The monoisotopic (exact) mass is 245 g/mol. The molecule has 2 nitrogen and oxygen atoms in total. The smallest absolute Gasteiger partial charge is 0.159 e. The van der Waals surface area contributed by atoms with Gasteiger partial charge in [0.05, 0.1) is 0 Å². The maximum absolute atomic E-state index is 11.9. The number of hydrogen-bond acceptors (Lipinski definition) is 2. The van der Waals surface area contributed by atoms with Crippen LogP contribution in [0, 0.1) is 5.92 Å². The van der Waals surface area contributed by atoms with E-state index in [1.807, 2.05) is 32.0 Å². The van der Waals surface area contributed by atoms with E-state index in [-0.39, 0.29) is 11.7 Å². The van der Waals surface area contributed by atoms with E-state index in [9.17, 15) is 4.79 Å². The number of carbonyl (C=O) groups is 1. The van der Waals surface area contributed by atoms with E-state index >= 15 is 0 Å². The van der Waals surface area contributed by atoms with Crippen molar-refractivity contribution in [2.45, 2.75) is 20.3 Å². The molecule has 0 radical (unpaired) electrons. The van der Waals surface area contributed by atoms with Crippen molar-refractivity contribution in [2.24, 2.45) is 5.92 Å². The molecule has 1 aromatic carbocycles. The van der Waals surface area contributed by atoms with Crippen molar-refractivity contribution in [1.29, 1.82) is 0 Å². The average molecular weight is 245 g/mol. The van der Waals surface area contributed by atoms with Gasteiger partial charge in [-0.1, -0.05) is 44.2 Å². The van der Waals surface area contributed by atoms with E-state index in [0.29, 0.717) is 0 Å². The quantitative estimate of drug-likeness (QED) is 0.718. The minimum absolute atomic E-state index is 0.0474. The van der Waals surface area contributed by atoms with Crippen LogP contribution in [0.3, 0.4) is 0 Å². The fourth-order valence-electron chi connectivity index (χ4n) is 1.84. The molecule has 0 aliphatic carbocycles. The Morgan fingerprint density at radius 2 is 1.89 bits per heavy atom. The van der Waals surface area contributed by atoms with Crippen molar-refractivity contribution in [1.82, 2.24) is 4.90 Å². The standard InChI is InChI=1S/C16H23NO/c1-5-14-6-8-15(9-7-14)10-11-16(18)13(2)12-17(3)4/h6-11,13H,5,12H2,1-4H3/b11-10+. The molecular formula is C16H23NO. The van der Waals surface area contributed by atoms with Crippen molar-refractivity contribution >= 4 is 11.9 Å². The summed E-state index contributed by atoms with van der Waals surface area (Å²) in [6.07, 6.45) is 4.63. The summed E-state index contributed by atoms with van der Waals surface area (Å²) in [6, 6.07) is 8.32. The first kappa shape index (κ1) is 14.7. The van der Waals surface area contributed by atoms with Gasteiger partial charge in [0.25, 0.3) is 0 Å². The first-order valence-electron chi connectivity index (χ1n) is 6.48. The zero-order valence-electron chi connectivity index (χ0n) is 11.8. The molecule has 18 heavy (non-hydrogen) atoms. The number of carbonyl (C=O) groups excluding carboxylic acids is 1. The summed E-state index contributed by atoms with van der Waals surface area (Å²) in [5, 5.41) is 0. The molecule has 0 aliphatic heterocycles. The molecule has 0 bridgehead atoms. The van der Waals surface area contributed by atoms with Crippen molar-refractivity contribution in [3.05, 3.63) is 41.5 Å². The van der Waals surface area contributed by atoms with E-state index in [1.54, 1.807) is 6.08 Å². The Morgan fingerprint density at radius 1 is 1.28 bits per heavy atom. The van der Waals surface area contributed by atoms with Crippen LogP contribution in [0.5, 0.6) is 0 Å². The van der Waals surface area contributed by atoms with Crippen LogP contribution >= 0.6 is 0 Å². The van der Waals surface area contributed by atoms with E-state index in [2.05, 4.69) is 31.2 Å². The highest BCUT2D eigenvalue weighted by molar-refractivity contribution is 5.95. The molecule has 0 aromatic heterocycles. The third-order valence-electron chi connectivity index (χ3n) is 2.95. The lowest BCUT2D eigenvalue weighted by Crippen LogP contribution is -2.24. The second-order valence-corrected chi connectivity index (χ2v) is 4.99. The van der Waals surface area contributed by atoms with E-state index in [0.717, 1.165) is 18.5 Å². The summed E-state index contributed by atoms with van der Waals surface area (Å²) in [5.74, 6) is 0.231. The van der Waals surface area contributed by atoms with Gasteiger partial charge in [-0.05, 0) is 37.7 Å². The molecule has 2 heteroatoms. The molecule has 98 valence electrons. The molecular weight excluding hydrogens is 222 g/mol. The minimum atomic E-state index is 0.0474. The third-order valence-corrected chi connectivity index (χ3v) is 2.95. The molecule has 0 fully saturated rings. The molecule has 0 amide bonds. The Hall–Kier alpha value is -1.41. The maximum Gasteiger partial charge on any atom is 0.159 e. The Balaban J connectivity index is 2.59. The van der Waals surface area contributed by atoms with Gasteiger partial charge in [0.2, 0.25) is 0 Å². The van der Waals surface area contributed by atoms with Gasteiger partial charge in [-0.2, -0.15) is 0 Å². The molecule has 0 saturated heterocycles. The lowest BCUT2D eigenvalue weighted by atomic mass is 10.0. The fourth-order valence-corrected chi connectivity index (χ4v) is 1.84. The largest absolute Gasteiger partial charge is 0.309 e. The highest BCUT2D eigenvalue weighted by Gasteiger charge is 2.10. The minimum Gasteiger partial charge on any atom is -0.309 e. The van der Waals surface area contributed by atoms with Crippen LogP contribution in [0.15, 0.2) is 30.3 Å². The molecule has 0 heterocycles. The summed E-state index contributed by atoms with van der Waals surface area (Å²) >= 11 is 0. The zero-order valence-corrected chi connectivity index (χ0v) is 11.8. The van der Waals surface area contributed by atoms with Gasteiger partial charge in [-0.3, -0.25) is 4.79 Å². The van der Waals surface area contributed by atoms with Crippen LogP contribution in [0.25, 0.3) is 6.08 Å². The molecule has 0 N–H and O–H groups in total. The van der Waals surface area contributed by atoms with Crippen molar-refractivity contribution in [2.75, 3.05) is 20.6 Å². The highest BCUT2D eigenvalue weighted by atomic mass is 16.1. The predicted molar refractivity (Wildman–Crippen MR) is 77.6 cm³/mol. The molecule has 0 saturated carbocycles. The molecule has 1 rings (SSSR count). The van der Waals surface area contributed by atoms with Crippen molar-refractivity contribution < 1.29 is 4.79 Å². The third kappa shape index (κ3) is 4.84. The van der Waals surface area contributed by atoms with Gasteiger partial charge in [-0.15, -0.1) is 0 Å². The topological polar surface area (TPSA) is 20.3 Å². The van der Waals surface area contributed by atoms with Gasteiger partial charge in [0.15, 0.2) is 5.78 Å². The Kier molecular flexibility index (Phi) is 5.79. The second kappa shape index (κ2) is 7.12. The number of hydrogen-bond donors (Lipinski definition) is 0. The van der Waals surface area contributed by atoms with Crippen LogP contribution < -0.4 is 0 Å². The lowest BCUT2D eigenvalue weighted by Gasteiger charge is -2.13. The Bertz CT molecular complexity index is 404. The molecule has 1 aromatic rings. The molecule has 1 unspecified atom stereocenters. The van der Waals surface area contributed by atoms with Gasteiger partial charge in [0, 0.05) is 12.5 Å². The van der Waals surface area contributed by atoms with Gasteiger partial charge < -0.3 is 4.90 Å². The summed E-state index contributed by atoms with van der Waals surface area (Å²) < 4.78 is 0.